The fourth-order valence-electron chi connectivity index (χ4n) is 4.46. The first-order valence-electron chi connectivity index (χ1n) is 13.0. The SMILES string of the molecule is Cc1cn(C2OC(COC(=O)c3ccccc3)C(OC(=O)c3ccccc3)C2OC(=O)c2ccccc2)c(=S)[nH]c1=O. The van der Waals surface area contributed by atoms with Crippen LogP contribution >= 0.6 is 12.2 Å². The average Bonchev–Trinajstić information content (AvgIpc) is 3.34. The van der Waals surface area contributed by atoms with Gasteiger partial charge in [-0.3, -0.25) is 14.3 Å². The van der Waals surface area contributed by atoms with E-state index in [-0.39, 0.29) is 22.5 Å². The molecule has 11 heteroatoms. The molecule has 0 aliphatic carbocycles. The Morgan fingerprint density at radius 1 is 0.786 bits per heavy atom. The molecule has 10 nitrogen and oxygen atoms in total. The van der Waals surface area contributed by atoms with Crippen LogP contribution in [0.15, 0.2) is 102 Å². The highest BCUT2D eigenvalue weighted by Crippen LogP contribution is 2.35. The van der Waals surface area contributed by atoms with Crippen molar-refractivity contribution in [2.24, 2.45) is 0 Å². The van der Waals surface area contributed by atoms with Crippen molar-refractivity contribution in [1.29, 1.82) is 0 Å². The van der Waals surface area contributed by atoms with E-state index >= 15 is 0 Å². The van der Waals surface area contributed by atoms with Gasteiger partial charge < -0.3 is 18.9 Å². The molecule has 2 heterocycles. The molecule has 1 aromatic heterocycles. The highest BCUT2D eigenvalue weighted by molar-refractivity contribution is 7.71. The van der Waals surface area contributed by atoms with Gasteiger partial charge in [0, 0.05) is 11.8 Å². The number of aryl methyl sites for hydroxylation is 1. The fraction of sp³-hybridized carbons (Fsp3) is 0.194. The molecule has 4 atom stereocenters. The molecule has 0 saturated carbocycles. The molecule has 1 aliphatic rings. The maximum absolute atomic E-state index is 13.2. The van der Waals surface area contributed by atoms with Gasteiger partial charge in [-0.25, -0.2) is 14.4 Å². The lowest BCUT2D eigenvalue weighted by atomic mass is 10.1. The quantitative estimate of drug-likeness (QED) is 0.181. The van der Waals surface area contributed by atoms with Gasteiger partial charge in [0.15, 0.2) is 23.2 Å². The Labute approximate surface area is 245 Å². The van der Waals surface area contributed by atoms with Gasteiger partial charge in [0.25, 0.3) is 5.56 Å². The lowest BCUT2D eigenvalue weighted by molar-refractivity contribution is -0.0633. The molecule has 4 aromatic rings. The Morgan fingerprint density at radius 2 is 1.26 bits per heavy atom. The van der Waals surface area contributed by atoms with Crippen molar-refractivity contribution in [3.05, 3.63) is 135 Å². The third-order valence-corrected chi connectivity index (χ3v) is 6.91. The minimum Gasteiger partial charge on any atom is -0.459 e. The molecule has 0 radical (unpaired) electrons. The maximum Gasteiger partial charge on any atom is 0.338 e. The lowest BCUT2D eigenvalue weighted by Gasteiger charge is -2.25. The summed E-state index contributed by atoms with van der Waals surface area (Å²) in [7, 11) is 0. The van der Waals surface area contributed by atoms with Crippen molar-refractivity contribution in [1.82, 2.24) is 9.55 Å². The molecule has 3 aromatic carbocycles. The maximum atomic E-state index is 13.2. The number of aromatic amines is 1. The van der Waals surface area contributed by atoms with Gasteiger partial charge in [-0.2, -0.15) is 0 Å². The van der Waals surface area contributed by atoms with Crippen LogP contribution in [0.4, 0.5) is 0 Å². The van der Waals surface area contributed by atoms with Crippen LogP contribution in [0.25, 0.3) is 0 Å². The zero-order valence-corrected chi connectivity index (χ0v) is 23.2. The fourth-order valence-corrected chi connectivity index (χ4v) is 4.71. The van der Waals surface area contributed by atoms with Crippen molar-refractivity contribution in [2.75, 3.05) is 6.61 Å². The molecule has 1 N–H and O–H groups in total. The van der Waals surface area contributed by atoms with Crippen LogP contribution in [0.2, 0.25) is 0 Å². The summed E-state index contributed by atoms with van der Waals surface area (Å²) >= 11 is 5.40. The van der Waals surface area contributed by atoms with Gasteiger partial charge >= 0.3 is 17.9 Å². The molecular weight excluding hydrogens is 560 g/mol. The zero-order valence-electron chi connectivity index (χ0n) is 22.4. The molecule has 1 fully saturated rings. The molecule has 4 unspecified atom stereocenters. The molecule has 42 heavy (non-hydrogen) atoms. The standard InChI is InChI=1S/C31H26N2O8S/c1-19-17-33(31(42)32-26(19)34)27-25(41-30(37)22-15-9-4-10-16-22)24(40-29(36)21-13-7-3-8-14-21)23(39-27)18-38-28(35)20-11-5-2-6-12-20/h2-17,23-25,27H,18H2,1H3,(H,32,34,42). The number of carbonyl (C=O) groups is 3. The van der Waals surface area contributed by atoms with Crippen LogP contribution in [0, 0.1) is 11.7 Å². The molecule has 1 saturated heterocycles. The van der Waals surface area contributed by atoms with Gasteiger partial charge in [0.2, 0.25) is 0 Å². The Hall–Kier alpha value is -4.87. The summed E-state index contributed by atoms with van der Waals surface area (Å²) in [6.45, 7) is 1.24. The summed E-state index contributed by atoms with van der Waals surface area (Å²) in [5.41, 5.74) is 0.746. The first kappa shape index (κ1) is 28.7. The summed E-state index contributed by atoms with van der Waals surface area (Å²) in [6, 6.07) is 24.9. The van der Waals surface area contributed by atoms with Crippen molar-refractivity contribution < 1.29 is 33.3 Å². The summed E-state index contributed by atoms with van der Waals surface area (Å²) < 4.78 is 25.0. The number of nitrogens with zero attached hydrogens (tertiary/aromatic N) is 1. The Morgan fingerprint density at radius 3 is 1.79 bits per heavy atom. The average molecular weight is 587 g/mol. The largest absolute Gasteiger partial charge is 0.459 e. The van der Waals surface area contributed by atoms with Crippen LogP contribution in [-0.4, -0.2) is 52.4 Å². The van der Waals surface area contributed by atoms with Crippen molar-refractivity contribution in [3.63, 3.8) is 0 Å². The van der Waals surface area contributed by atoms with Crippen LogP contribution in [0.3, 0.4) is 0 Å². The number of ether oxygens (including phenoxy) is 4. The number of esters is 3. The van der Waals surface area contributed by atoms with E-state index in [4.69, 9.17) is 31.2 Å². The van der Waals surface area contributed by atoms with E-state index < -0.39 is 48.0 Å². The van der Waals surface area contributed by atoms with E-state index in [1.165, 1.54) is 10.8 Å². The van der Waals surface area contributed by atoms with E-state index in [0.717, 1.165) is 0 Å². The molecule has 5 rings (SSSR count). The van der Waals surface area contributed by atoms with Gasteiger partial charge in [0.1, 0.15) is 12.7 Å². The van der Waals surface area contributed by atoms with Crippen LogP contribution < -0.4 is 5.56 Å². The summed E-state index contributed by atoms with van der Waals surface area (Å²) in [5, 5.41) is 0. The highest BCUT2D eigenvalue weighted by Gasteiger charge is 2.51. The summed E-state index contributed by atoms with van der Waals surface area (Å²) in [4.78, 5) is 54.0. The van der Waals surface area contributed by atoms with E-state index in [9.17, 15) is 19.2 Å². The summed E-state index contributed by atoms with van der Waals surface area (Å²) in [5.74, 6) is -2.03. The van der Waals surface area contributed by atoms with Gasteiger partial charge in [-0.05, 0) is 55.5 Å². The number of aromatic nitrogens is 2. The van der Waals surface area contributed by atoms with Gasteiger partial charge in [-0.1, -0.05) is 54.6 Å². The minimum atomic E-state index is -1.25. The van der Waals surface area contributed by atoms with E-state index in [2.05, 4.69) is 4.98 Å². The van der Waals surface area contributed by atoms with Gasteiger partial charge in [0.05, 0.1) is 16.7 Å². The molecule has 1 aliphatic heterocycles. The normalized spacial score (nSPS) is 19.5. The van der Waals surface area contributed by atoms with E-state index in [0.29, 0.717) is 11.1 Å². The molecule has 0 bridgehead atoms. The first-order chi connectivity index (χ1) is 20.3. The predicted octanol–water partition coefficient (Wildman–Crippen LogP) is 4.42. The number of rotatable bonds is 8. The predicted molar refractivity (Wildman–Crippen MR) is 153 cm³/mol. The molecule has 0 amide bonds. The zero-order chi connectivity index (χ0) is 29.6. The minimum absolute atomic E-state index is 0.00794. The van der Waals surface area contributed by atoms with Crippen molar-refractivity contribution in [2.45, 2.75) is 31.5 Å². The van der Waals surface area contributed by atoms with Crippen molar-refractivity contribution >= 4 is 30.1 Å². The number of hydrogen-bond donors (Lipinski definition) is 1. The number of hydrogen-bond acceptors (Lipinski definition) is 9. The molecular formula is C31H26N2O8S. The number of H-pyrrole nitrogens is 1. The third-order valence-electron chi connectivity index (χ3n) is 6.60. The molecule has 214 valence electrons. The lowest BCUT2D eigenvalue weighted by Crippen LogP contribution is -2.41. The van der Waals surface area contributed by atoms with Gasteiger partial charge in [-0.15, -0.1) is 0 Å². The van der Waals surface area contributed by atoms with Crippen LogP contribution in [0.5, 0.6) is 0 Å². The second-order valence-electron chi connectivity index (χ2n) is 9.48. The Bertz CT molecular complexity index is 1690. The second-order valence-corrected chi connectivity index (χ2v) is 9.87. The first-order valence-corrected chi connectivity index (χ1v) is 13.4. The Balaban J connectivity index is 1.52. The van der Waals surface area contributed by atoms with E-state index in [1.807, 2.05) is 0 Å². The number of benzene rings is 3. The molecule has 0 spiro atoms. The Kier molecular flexibility index (Phi) is 8.70. The van der Waals surface area contributed by atoms with Crippen molar-refractivity contribution in [3.8, 4) is 0 Å². The van der Waals surface area contributed by atoms with E-state index in [1.54, 1.807) is 97.9 Å². The van der Waals surface area contributed by atoms with Crippen LogP contribution in [-0.2, 0) is 18.9 Å². The number of nitrogens with one attached hydrogen (secondary N) is 1. The third kappa shape index (κ3) is 6.37. The number of carbonyl (C=O) groups excluding carboxylic acids is 3. The second kappa shape index (κ2) is 12.8. The highest BCUT2D eigenvalue weighted by atomic mass is 32.1. The monoisotopic (exact) mass is 586 g/mol. The summed E-state index contributed by atoms with van der Waals surface area (Å²) in [6.07, 6.45) is -3.23. The topological polar surface area (TPSA) is 126 Å². The smallest absolute Gasteiger partial charge is 0.338 e. The van der Waals surface area contributed by atoms with Crippen LogP contribution in [0.1, 0.15) is 42.9 Å².